The number of anilines is 1. The van der Waals surface area contributed by atoms with Crippen LogP contribution < -0.4 is 15.8 Å². The average Bonchev–Trinajstić information content (AvgIpc) is 3.15. The zero-order chi connectivity index (χ0) is 18.5. The van der Waals surface area contributed by atoms with Crippen molar-refractivity contribution in [3.8, 4) is 0 Å². The second-order valence-electron chi connectivity index (χ2n) is 6.33. The van der Waals surface area contributed by atoms with Crippen LogP contribution in [0.2, 0.25) is 0 Å². The molecule has 0 fully saturated rings. The van der Waals surface area contributed by atoms with Crippen LogP contribution in [0.3, 0.4) is 0 Å². The first-order valence-electron chi connectivity index (χ1n) is 9.10. The third-order valence-corrected chi connectivity index (χ3v) is 4.70. The number of nitrogens with one attached hydrogen (secondary N) is 1. The van der Waals surface area contributed by atoms with Crippen molar-refractivity contribution >= 4 is 22.6 Å². The van der Waals surface area contributed by atoms with E-state index in [1.54, 1.807) is 6.07 Å². The molecule has 3 rings (SSSR count). The van der Waals surface area contributed by atoms with E-state index >= 15 is 0 Å². The lowest BCUT2D eigenvalue weighted by Gasteiger charge is -2.21. The largest absolute Gasteiger partial charge is 0.422 e. The molecule has 2 aromatic rings. The van der Waals surface area contributed by atoms with Gasteiger partial charge in [0.2, 0.25) is 0 Å². The molecule has 6 heteroatoms. The molecule has 0 radical (unpaired) electrons. The third kappa shape index (κ3) is 3.96. The Kier molecular flexibility index (Phi) is 5.73. The number of benzene rings is 1. The van der Waals surface area contributed by atoms with Gasteiger partial charge in [-0.25, -0.2) is 4.79 Å². The van der Waals surface area contributed by atoms with E-state index in [1.807, 2.05) is 18.2 Å². The maximum absolute atomic E-state index is 12.3. The zero-order valence-electron chi connectivity index (χ0n) is 15.3. The van der Waals surface area contributed by atoms with Crippen LogP contribution in [-0.2, 0) is 0 Å². The molecule has 0 spiro atoms. The van der Waals surface area contributed by atoms with Crippen molar-refractivity contribution in [1.82, 2.24) is 10.2 Å². The van der Waals surface area contributed by atoms with Gasteiger partial charge in [0.05, 0.1) is 0 Å². The van der Waals surface area contributed by atoms with Gasteiger partial charge in [-0.15, -0.1) is 0 Å². The summed E-state index contributed by atoms with van der Waals surface area (Å²) in [6.45, 7) is 8.97. The molecule has 0 unspecified atom stereocenters. The normalized spacial score (nSPS) is 14.1. The second kappa shape index (κ2) is 8.19. The van der Waals surface area contributed by atoms with Gasteiger partial charge in [-0.3, -0.25) is 9.69 Å². The van der Waals surface area contributed by atoms with Gasteiger partial charge in [-0.2, -0.15) is 0 Å². The highest BCUT2D eigenvalue weighted by Gasteiger charge is 2.15. The van der Waals surface area contributed by atoms with Crippen LogP contribution in [0.15, 0.2) is 45.6 Å². The maximum atomic E-state index is 12.3. The number of carbonyl (C=O) groups is 1. The molecule has 0 aliphatic carbocycles. The number of carbonyl (C=O) groups excluding carboxylic acids is 1. The predicted octanol–water partition coefficient (Wildman–Crippen LogP) is 2.24. The van der Waals surface area contributed by atoms with E-state index < -0.39 is 5.63 Å². The topological polar surface area (TPSA) is 65.8 Å². The SMILES string of the molecule is CCN(CC)c1ccc2cc(C(=O)NCCN3CC=CC3)c(=O)oc2c1. The molecule has 2 heterocycles. The van der Waals surface area contributed by atoms with Crippen LogP contribution in [0.1, 0.15) is 24.2 Å². The zero-order valence-corrected chi connectivity index (χ0v) is 15.3. The molecule has 1 aromatic heterocycles. The minimum absolute atomic E-state index is 0.0487. The summed E-state index contributed by atoms with van der Waals surface area (Å²) in [6.07, 6.45) is 4.21. The fraction of sp³-hybridized carbons (Fsp3) is 0.400. The minimum Gasteiger partial charge on any atom is -0.422 e. The first-order valence-corrected chi connectivity index (χ1v) is 9.10. The first kappa shape index (κ1) is 18.2. The first-order chi connectivity index (χ1) is 12.6. The molecule has 1 aromatic carbocycles. The molecular formula is C20H25N3O3. The molecule has 1 aliphatic heterocycles. The molecule has 0 saturated carbocycles. The van der Waals surface area contributed by atoms with E-state index in [1.165, 1.54) is 0 Å². The lowest BCUT2D eigenvalue weighted by Crippen LogP contribution is -2.35. The fourth-order valence-electron chi connectivity index (χ4n) is 3.17. The van der Waals surface area contributed by atoms with Gasteiger partial charge in [0.15, 0.2) is 0 Å². The van der Waals surface area contributed by atoms with Crippen molar-refractivity contribution in [1.29, 1.82) is 0 Å². The molecule has 26 heavy (non-hydrogen) atoms. The number of fused-ring (bicyclic) bond motifs is 1. The number of hydrogen-bond donors (Lipinski definition) is 1. The van der Waals surface area contributed by atoms with Crippen molar-refractivity contribution in [2.45, 2.75) is 13.8 Å². The summed E-state index contributed by atoms with van der Waals surface area (Å²) < 4.78 is 5.41. The Bertz CT molecular complexity index is 860. The standard InChI is InChI=1S/C20H25N3O3/c1-3-23(4-2)16-8-7-15-13-17(20(25)26-18(15)14-16)19(24)21-9-12-22-10-5-6-11-22/h5-8,13-14H,3-4,9-12H2,1-2H3,(H,21,24). The van der Waals surface area contributed by atoms with E-state index in [4.69, 9.17) is 4.42 Å². The predicted molar refractivity (Wildman–Crippen MR) is 104 cm³/mol. The van der Waals surface area contributed by atoms with Gasteiger partial charge in [-0.1, -0.05) is 12.2 Å². The van der Waals surface area contributed by atoms with Crippen LogP contribution in [0.5, 0.6) is 0 Å². The summed E-state index contributed by atoms with van der Waals surface area (Å²) in [5, 5.41) is 3.55. The summed E-state index contributed by atoms with van der Waals surface area (Å²) in [5.41, 5.74) is 0.948. The summed E-state index contributed by atoms with van der Waals surface area (Å²) in [6, 6.07) is 7.34. The molecule has 1 amide bonds. The number of rotatable bonds is 7. The Morgan fingerprint density at radius 2 is 1.92 bits per heavy atom. The lowest BCUT2D eigenvalue weighted by atomic mass is 10.1. The molecular weight excluding hydrogens is 330 g/mol. The number of hydrogen-bond acceptors (Lipinski definition) is 5. The minimum atomic E-state index is -0.602. The van der Waals surface area contributed by atoms with Gasteiger partial charge in [-0.05, 0) is 32.0 Å². The van der Waals surface area contributed by atoms with Crippen molar-refractivity contribution < 1.29 is 9.21 Å². The van der Waals surface area contributed by atoms with Crippen molar-refractivity contribution in [2.75, 3.05) is 44.2 Å². The molecule has 138 valence electrons. The maximum Gasteiger partial charge on any atom is 0.349 e. The van der Waals surface area contributed by atoms with E-state index in [2.05, 4.69) is 41.1 Å². The van der Waals surface area contributed by atoms with Crippen LogP contribution in [0.4, 0.5) is 5.69 Å². The highest BCUT2D eigenvalue weighted by atomic mass is 16.4. The Labute approximate surface area is 153 Å². The molecule has 0 atom stereocenters. The summed E-state index contributed by atoms with van der Waals surface area (Å²) >= 11 is 0. The summed E-state index contributed by atoms with van der Waals surface area (Å²) in [4.78, 5) is 29.0. The Hall–Kier alpha value is -2.60. The molecule has 6 nitrogen and oxygen atoms in total. The molecule has 0 bridgehead atoms. The smallest absolute Gasteiger partial charge is 0.349 e. The Morgan fingerprint density at radius 3 is 2.62 bits per heavy atom. The van der Waals surface area contributed by atoms with E-state index in [0.717, 1.165) is 43.8 Å². The van der Waals surface area contributed by atoms with Crippen molar-refractivity contribution in [2.24, 2.45) is 0 Å². The fourth-order valence-corrected chi connectivity index (χ4v) is 3.17. The average molecular weight is 355 g/mol. The number of amides is 1. The molecule has 1 aliphatic rings. The Balaban J connectivity index is 1.74. The van der Waals surface area contributed by atoms with Crippen LogP contribution in [-0.4, -0.2) is 50.1 Å². The van der Waals surface area contributed by atoms with Crippen LogP contribution in [0, 0.1) is 0 Å². The van der Waals surface area contributed by atoms with Crippen LogP contribution >= 0.6 is 0 Å². The van der Waals surface area contributed by atoms with Crippen LogP contribution in [0.25, 0.3) is 11.0 Å². The van der Waals surface area contributed by atoms with Gasteiger partial charge in [0.1, 0.15) is 11.1 Å². The van der Waals surface area contributed by atoms with Crippen molar-refractivity contribution in [3.63, 3.8) is 0 Å². The van der Waals surface area contributed by atoms with Crippen molar-refractivity contribution in [3.05, 3.63) is 52.4 Å². The van der Waals surface area contributed by atoms with E-state index in [9.17, 15) is 9.59 Å². The Morgan fingerprint density at radius 1 is 1.19 bits per heavy atom. The number of nitrogens with zero attached hydrogens (tertiary/aromatic N) is 2. The molecule has 1 N–H and O–H groups in total. The third-order valence-electron chi connectivity index (χ3n) is 4.70. The highest BCUT2D eigenvalue weighted by Crippen LogP contribution is 2.21. The quantitative estimate of drug-likeness (QED) is 0.609. The van der Waals surface area contributed by atoms with Gasteiger partial charge >= 0.3 is 5.63 Å². The van der Waals surface area contributed by atoms with Gasteiger partial charge in [0.25, 0.3) is 5.91 Å². The monoisotopic (exact) mass is 355 g/mol. The lowest BCUT2D eigenvalue weighted by molar-refractivity contribution is 0.0946. The van der Waals surface area contributed by atoms with Gasteiger partial charge < -0.3 is 14.6 Å². The van der Waals surface area contributed by atoms with E-state index in [-0.39, 0.29) is 11.5 Å². The second-order valence-corrected chi connectivity index (χ2v) is 6.33. The summed E-state index contributed by atoms with van der Waals surface area (Å²) in [7, 11) is 0. The summed E-state index contributed by atoms with van der Waals surface area (Å²) in [5.74, 6) is -0.388. The molecule has 0 saturated heterocycles. The highest BCUT2D eigenvalue weighted by molar-refractivity contribution is 5.97. The van der Waals surface area contributed by atoms with Gasteiger partial charge in [0, 0.05) is 56.4 Å². The van der Waals surface area contributed by atoms with E-state index in [0.29, 0.717) is 12.1 Å².